The van der Waals surface area contributed by atoms with E-state index in [2.05, 4.69) is 10.5 Å². The molecule has 0 unspecified atom stereocenters. The van der Waals surface area contributed by atoms with Crippen LogP contribution in [0.15, 0.2) is 16.8 Å². The largest absolute Gasteiger partial charge is 0.351 e. The lowest BCUT2D eigenvalue weighted by atomic mass is 9.85. The minimum absolute atomic E-state index is 0.163. The van der Waals surface area contributed by atoms with Crippen molar-refractivity contribution in [3.05, 3.63) is 18.0 Å². The summed E-state index contributed by atoms with van der Waals surface area (Å²) in [7, 11) is 0. The highest BCUT2D eigenvalue weighted by Gasteiger charge is 2.18. The minimum atomic E-state index is -0.163. The SMILES string of the molecule is O=C(NCC1CCC1)c1ccno1. The molecule has 0 bridgehead atoms. The molecule has 1 N–H and O–H groups in total. The molecular formula is C9H12N2O2. The summed E-state index contributed by atoms with van der Waals surface area (Å²) in [6.07, 6.45) is 5.23. The normalized spacial score (nSPS) is 16.6. The maximum Gasteiger partial charge on any atom is 0.289 e. The summed E-state index contributed by atoms with van der Waals surface area (Å²) in [5.74, 6) is 0.801. The maximum atomic E-state index is 11.3. The zero-order valence-corrected chi connectivity index (χ0v) is 7.32. The molecule has 4 nitrogen and oxygen atoms in total. The molecule has 0 spiro atoms. The van der Waals surface area contributed by atoms with Gasteiger partial charge in [0, 0.05) is 12.6 Å². The van der Waals surface area contributed by atoms with Gasteiger partial charge in [0.2, 0.25) is 5.76 Å². The van der Waals surface area contributed by atoms with E-state index < -0.39 is 0 Å². The van der Waals surface area contributed by atoms with Crippen LogP contribution in [0, 0.1) is 5.92 Å². The molecule has 1 saturated carbocycles. The van der Waals surface area contributed by atoms with Crippen LogP contribution in [0.1, 0.15) is 29.8 Å². The summed E-state index contributed by atoms with van der Waals surface area (Å²) in [6.45, 7) is 0.763. The molecule has 1 aromatic heterocycles. The van der Waals surface area contributed by atoms with Crippen LogP contribution in [0.4, 0.5) is 0 Å². The first-order valence-electron chi connectivity index (χ1n) is 4.55. The van der Waals surface area contributed by atoms with E-state index in [1.165, 1.54) is 25.5 Å². The Bertz CT molecular complexity index is 278. The quantitative estimate of drug-likeness (QED) is 0.760. The predicted molar refractivity (Wildman–Crippen MR) is 46.2 cm³/mol. The topological polar surface area (TPSA) is 55.1 Å². The van der Waals surface area contributed by atoms with Crippen LogP contribution in [-0.4, -0.2) is 17.6 Å². The number of nitrogens with zero attached hydrogens (tertiary/aromatic N) is 1. The van der Waals surface area contributed by atoms with Crippen molar-refractivity contribution in [2.75, 3.05) is 6.54 Å². The lowest BCUT2D eigenvalue weighted by Gasteiger charge is -2.24. The highest BCUT2D eigenvalue weighted by Crippen LogP contribution is 2.25. The number of nitrogens with one attached hydrogen (secondary N) is 1. The summed E-state index contributed by atoms with van der Waals surface area (Å²) in [6, 6.07) is 1.57. The molecule has 1 aromatic rings. The second-order valence-electron chi connectivity index (χ2n) is 3.38. The Morgan fingerprint density at radius 1 is 1.69 bits per heavy atom. The molecule has 0 atom stereocenters. The zero-order chi connectivity index (χ0) is 9.10. The summed E-state index contributed by atoms with van der Waals surface area (Å²) in [5.41, 5.74) is 0. The molecule has 1 aliphatic rings. The van der Waals surface area contributed by atoms with Crippen LogP contribution < -0.4 is 5.32 Å². The molecule has 1 heterocycles. The van der Waals surface area contributed by atoms with Gasteiger partial charge in [-0.05, 0) is 18.8 Å². The van der Waals surface area contributed by atoms with Crippen molar-refractivity contribution in [2.45, 2.75) is 19.3 Å². The number of carbonyl (C=O) groups is 1. The molecule has 0 saturated heterocycles. The number of rotatable bonds is 3. The summed E-state index contributed by atoms with van der Waals surface area (Å²) >= 11 is 0. The standard InChI is InChI=1S/C9H12N2O2/c12-9(8-4-5-11-13-8)10-6-7-2-1-3-7/h4-5,7H,1-3,6H2,(H,10,12). The molecule has 0 radical (unpaired) electrons. The van der Waals surface area contributed by atoms with Gasteiger partial charge in [0.1, 0.15) is 0 Å². The Labute approximate surface area is 76.3 Å². The molecular weight excluding hydrogens is 168 g/mol. The third kappa shape index (κ3) is 1.88. The molecule has 0 aromatic carbocycles. The van der Waals surface area contributed by atoms with Gasteiger partial charge in [0.25, 0.3) is 5.91 Å². The van der Waals surface area contributed by atoms with E-state index in [0.29, 0.717) is 11.7 Å². The van der Waals surface area contributed by atoms with Crippen LogP contribution in [0.5, 0.6) is 0 Å². The smallest absolute Gasteiger partial charge is 0.289 e. The summed E-state index contributed by atoms with van der Waals surface area (Å²) < 4.78 is 4.72. The predicted octanol–water partition coefficient (Wildman–Crippen LogP) is 1.20. The van der Waals surface area contributed by atoms with Gasteiger partial charge in [-0.3, -0.25) is 4.79 Å². The number of hydrogen-bond donors (Lipinski definition) is 1. The third-order valence-electron chi connectivity index (χ3n) is 2.44. The summed E-state index contributed by atoms with van der Waals surface area (Å²) in [4.78, 5) is 11.3. The Kier molecular flexibility index (Phi) is 2.29. The minimum Gasteiger partial charge on any atom is -0.351 e. The monoisotopic (exact) mass is 180 g/mol. The number of hydrogen-bond acceptors (Lipinski definition) is 3. The van der Waals surface area contributed by atoms with E-state index in [0.717, 1.165) is 6.54 Å². The van der Waals surface area contributed by atoms with Gasteiger partial charge < -0.3 is 9.84 Å². The van der Waals surface area contributed by atoms with E-state index in [9.17, 15) is 4.79 Å². The highest BCUT2D eigenvalue weighted by molar-refractivity contribution is 5.91. The van der Waals surface area contributed by atoms with Crippen LogP contribution in [0.25, 0.3) is 0 Å². The van der Waals surface area contributed by atoms with Gasteiger partial charge in [0.05, 0.1) is 6.20 Å². The van der Waals surface area contributed by atoms with Crippen LogP contribution in [0.3, 0.4) is 0 Å². The van der Waals surface area contributed by atoms with Gasteiger partial charge in [-0.2, -0.15) is 0 Å². The Balaban J connectivity index is 1.78. The Morgan fingerprint density at radius 2 is 2.54 bits per heavy atom. The van der Waals surface area contributed by atoms with E-state index in [1.807, 2.05) is 0 Å². The first-order chi connectivity index (χ1) is 6.36. The van der Waals surface area contributed by atoms with Gasteiger partial charge in [-0.15, -0.1) is 0 Å². The maximum absolute atomic E-state index is 11.3. The second-order valence-corrected chi connectivity index (χ2v) is 3.38. The van der Waals surface area contributed by atoms with Crippen molar-refractivity contribution >= 4 is 5.91 Å². The van der Waals surface area contributed by atoms with Crippen molar-refractivity contribution in [2.24, 2.45) is 5.92 Å². The first-order valence-corrected chi connectivity index (χ1v) is 4.55. The molecule has 1 amide bonds. The van der Waals surface area contributed by atoms with Crippen molar-refractivity contribution in [1.82, 2.24) is 10.5 Å². The number of amides is 1. The average molecular weight is 180 g/mol. The van der Waals surface area contributed by atoms with Gasteiger partial charge >= 0.3 is 0 Å². The molecule has 4 heteroatoms. The fraction of sp³-hybridized carbons (Fsp3) is 0.556. The van der Waals surface area contributed by atoms with Crippen molar-refractivity contribution in [3.8, 4) is 0 Å². The Hall–Kier alpha value is -1.32. The molecule has 0 aliphatic heterocycles. The first kappa shape index (κ1) is 8.29. The van der Waals surface area contributed by atoms with Crippen molar-refractivity contribution in [1.29, 1.82) is 0 Å². The van der Waals surface area contributed by atoms with Gasteiger partial charge in [-0.1, -0.05) is 11.6 Å². The lowest BCUT2D eigenvalue weighted by Crippen LogP contribution is -2.31. The van der Waals surface area contributed by atoms with Crippen LogP contribution >= 0.6 is 0 Å². The van der Waals surface area contributed by atoms with Crippen LogP contribution in [-0.2, 0) is 0 Å². The van der Waals surface area contributed by atoms with E-state index >= 15 is 0 Å². The lowest BCUT2D eigenvalue weighted by molar-refractivity contribution is 0.0902. The fourth-order valence-corrected chi connectivity index (χ4v) is 1.35. The zero-order valence-electron chi connectivity index (χ0n) is 7.32. The van der Waals surface area contributed by atoms with Crippen molar-refractivity contribution < 1.29 is 9.32 Å². The van der Waals surface area contributed by atoms with Crippen LogP contribution in [0.2, 0.25) is 0 Å². The summed E-state index contributed by atoms with van der Waals surface area (Å²) in [5, 5.41) is 6.28. The van der Waals surface area contributed by atoms with Gasteiger partial charge in [0.15, 0.2) is 0 Å². The van der Waals surface area contributed by atoms with Crippen molar-refractivity contribution in [3.63, 3.8) is 0 Å². The Morgan fingerprint density at radius 3 is 3.08 bits per heavy atom. The molecule has 1 fully saturated rings. The molecule has 1 aliphatic carbocycles. The average Bonchev–Trinajstić information content (AvgIpc) is 2.52. The molecule has 70 valence electrons. The van der Waals surface area contributed by atoms with Gasteiger partial charge in [-0.25, -0.2) is 0 Å². The molecule has 2 rings (SSSR count). The fourth-order valence-electron chi connectivity index (χ4n) is 1.35. The highest BCUT2D eigenvalue weighted by atomic mass is 16.5. The van der Waals surface area contributed by atoms with E-state index in [-0.39, 0.29) is 5.91 Å². The van der Waals surface area contributed by atoms with E-state index in [4.69, 9.17) is 4.52 Å². The number of aromatic nitrogens is 1. The second kappa shape index (κ2) is 3.60. The van der Waals surface area contributed by atoms with E-state index in [1.54, 1.807) is 6.07 Å². The molecule has 13 heavy (non-hydrogen) atoms. The third-order valence-corrected chi connectivity index (χ3v) is 2.44. The number of carbonyl (C=O) groups excluding carboxylic acids is 1.